The molecule has 0 aliphatic carbocycles. The summed E-state index contributed by atoms with van der Waals surface area (Å²) in [7, 11) is -0.228. The zero-order valence-corrected chi connectivity index (χ0v) is 15.2. The second kappa shape index (κ2) is 9.66. The van der Waals surface area contributed by atoms with Crippen LogP contribution >= 0.6 is 7.60 Å². The minimum atomic E-state index is -3.50. The number of benzene rings is 1. The van der Waals surface area contributed by atoms with E-state index >= 15 is 0 Å². The van der Waals surface area contributed by atoms with Gasteiger partial charge in [0.05, 0.1) is 13.2 Å². The quantitative estimate of drug-likeness (QED) is 0.642. The van der Waals surface area contributed by atoms with Gasteiger partial charge >= 0.3 is 7.60 Å². The summed E-state index contributed by atoms with van der Waals surface area (Å²) in [6.45, 7) is 3.94. The summed E-state index contributed by atoms with van der Waals surface area (Å²) >= 11 is 0. The van der Waals surface area contributed by atoms with Gasteiger partial charge in [0.25, 0.3) is 0 Å². The molecule has 1 aromatic rings. The largest absolute Gasteiger partial charge is 0.348 e. The highest BCUT2D eigenvalue weighted by atomic mass is 31.2. The van der Waals surface area contributed by atoms with E-state index in [4.69, 9.17) is 9.05 Å². The lowest BCUT2D eigenvalue weighted by Gasteiger charge is -2.26. The topological polar surface area (TPSA) is 55.8 Å². The van der Waals surface area contributed by atoms with Gasteiger partial charge in [-0.15, -0.1) is 0 Å². The van der Waals surface area contributed by atoms with Crippen LogP contribution in [0.5, 0.6) is 0 Å². The molecule has 0 spiro atoms. The maximum Gasteiger partial charge on any atom is 0.343 e. The lowest BCUT2D eigenvalue weighted by atomic mass is 10.2. The van der Waals surface area contributed by atoms with E-state index in [0.29, 0.717) is 6.42 Å². The standard InChI is InChI=1S/C17H26NO4P/c1-5-21-23(20,22-6-2)16(17(19)18(3)4)14-10-13-15-11-8-7-9-12-15/h7-13,16H,5-6,14H2,1-4H3/b13-10-. The van der Waals surface area contributed by atoms with Crippen LogP contribution in [0.4, 0.5) is 0 Å². The number of carbonyl (C=O) groups is 1. The van der Waals surface area contributed by atoms with Gasteiger partial charge in [0.1, 0.15) is 5.66 Å². The first-order valence-electron chi connectivity index (χ1n) is 7.76. The molecule has 0 heterocycles. The molecule has 1 amide bonds. The monoisotopic (exact) mass is 339 g/mol. The molecule has 0 fully saturated rings. The number of allylic oxidation sites excluding steroid dienone is 1. The van der Waals surface area contributed by atoms with Crippen molar-refractivity contribution in [3.63, 3.8) is 0 Å². The third-order valence-corrected chi connectivity index (χ3v) is 5.63. The third-order valence-electron chi connectivity index (χ3n) is 3.19. The van der Waals surface area contributed by atoms with Gasteiger partial charge in [-0.3, -0.25) is 9.36 Å². The van der Waals surface area contributed by atoms with Gasteiger partial charge in [-0.1, -0.05) is 42.5 Å². The first kappa shape index (κ1) is 19.6. The van der Waals surface area contributed by atoms with Crippen molar-refractivity contribution >= 4 is 19.6 Å². The Bertz CT molecular complexity index is 547. The van der Waals surface area contributed by atoms with Gasteiger partial charge in [0.15, 0.2) is 0 Å². The van der Waals surface area contributed by atoms with Crippen molar-refractivity contribution in [3.8, 4) is 0 Å². The second-order valence-corrected chi connectivity index (χ2v) is 7.39. The molecule has 0 bridgehead atoms. The van der Waals surface area contributed by atoms with E-state index in [0.717, 1.165) is 5.56 Å². The fourth-order valence-corrected chi connectivity index (χ4v) is 4.17. The molecule has 0 aliphatic rings. The number of carbonyl (C=O) groups excluding carboxylic acids is 1. The number of nitrogens with zero attached hydrogens (tertiary/aromatic N) is 1. The Balaban J connectivity index is 2.98. The number of hydrogen-bond donors (Lipinski definition) is 0. The zero-order valence-electron chi connectivity index (χ0n) is 14.3. The van der Waals surface area contributed by atoms with Gasteiger partial charge in [0.2, 0.25) is 5.91 Å². The van der Waals surface area contributed by atoms with Gasteiger partial charge in [0, 0.05) is 14.1 Å². The average Bonchev–Trinajstić information content (AvgIpc) is 2.52. The van der Waals surface area contributed by atoms with Crippen molar-refractivity contribution in [1.29, 1.82) is 0 Å². The average molecular weight is 339 g/mol. The van der Waals surface area contributed by atoms with Crippen LogP contribution in [0.25, 0.3) is 6.08 Å². The minimum absolute atomic E-state index is 0.233. The van der Waals surface area contributed by atoms with Crippen molar-refractivity contribution in [2.75, 3.05) is 27.3 Å². The normalized spacial score (nSPS) is 13.2. The summed E-state index contributed by atoms with van der Waals surface area (Å²) in [5.74, 6) is -0.257. The molecule has 0 N–H and O–H groups in total. The van der Waals surface area contributed by atoms with Crippen LogP contribution < -0.4 is 0 Å². The van der Waals surface area contributed by atoms with E-state index in [1.165, 1.54) is 4.90 Å². The van der Waals surface area contributed by atoms with Gasteiger partial charge in [-0.25, -0.2) is 0 Å². The molecule has 0 radical (unpaired) electrons. The van der Waals surface area contributed by atoms with E-state index in [2.05, 4.69) is 0 Å². The summed E-state index contributed by atoms with van der Waals surface area (Å²) in [6, 6.07) is 9.74. The molecular formula is C17H26NO4P. The van der Waals surface area contributed by atoms with Gasteiger partial charge in [-0.2, -0.15) is 0 Å². The van der Waals surface area contributed by atoms with Crippen LogP contribution in [0.2, 0.25) is 0 Å². The lowest BCUT2D eigenvalue weighted by molar-refractivity contribution is -0.128. The van der Waals surface area contributed by atoms with E-state index in [1.54, 1.807) is 27.9 Å². The second-order valence-electron chi connectivity index (χ2n) is 5.17. The first-order valence-corrected chi connectivity index (χ1v) is 9.37. The smallest absolute Gasteiger partial charge is 0.343 e. The van der Waals surface area contributed by atoms with Crippen molar-refractivity contribution in [2.45, 2.75) is 25.9 Å². The summed E-state index contributed by atoms with van der Waals surface area (Å²) in [4.78, 5) is 13.9. The Morgan fingerprint density at radius 1 is 1.17 bits per heavy atom. The zero-order chi connectivity index (χ0) is 17.3. The van der Waals surface area contributed by atoms with E-state index < -0.39 is 13.3 Å². The molecule has 1 unspecified atom stereocenters. The summed E-state index contributed by atoms with van der Waals surface area (Å²) in [6.07, 6.45) is 4.04. The maximum absolute atomic E-state index is 13.0. The van der Waals surface area contributed by atoms with Crippen LogP contribution in [0.1, 0.15) is 25.8 Å². The fourth-order valence-electron chi connectivity index (χ4n) is 2.14. The van der Waals surface area contributed by atoms with E-state index in [9.17, 15) is 9.36 Å². The highest BCUT2D eigenvalue weighted by molar-refractivity contribution is 7.55. The fraction of sp³-hybridized carbons (Fsp3) is 0.471. The van der Waals surface area contributed by atoms with Crippen LogP contribution in [-0.2, 0) is 18.4 Å². The third kappa shape index (κ3) is 5.94. The highest BCUT2D eigenvalue weighted by Gasteiger charge is 2.40. The summed E-state index contributed by atoms with van der Waals surface area (Å²) in [5, 5.41) is 0. The predicted molar refractivity (Wildman–Crippen MR) is 93.4 cm³/mol. The molecule has 1 rings (SSSR count). The Labute approximate surface area is 138 Å². The van der Waals surface area contributed by atoms with E-state index in [1.807, 2.05) is 42.5 Å². The molecule has 1 aromatic carbocycles. The molecule has 0 saturated carbocycles. The number of hydrogen-bond acceptors (Lipinski definition) is 4. The lowest BCUT2D eigenvalue weighted by Crippen LogP contribution is -2.34. The Hall–Kier alpha value is -1.42. The SMILES string of the molecule is CCOP(=O)(OCC)C(C/C=C\c1ccccc1)C(=O)N(C)C. The molecule has 128 valence electrons. The molecule has 0 aromatic heterocycles. The van der Waals surface area contributed by atoms with Crippen molar-refractivity contribution in [3.05, 3.63) is 42.0 Å². The molecule has 5 nitrogen and oxygen atoms in total. The molecule has 0 saturated heterocycles. The Morgan fingerprint density at radius 2 is 1.74 bits per heavy atom. The Morgan fingerprint density at radius 3 is 2.22 bits per heavy atom. The number of amides is 1. The van der Waals surface area contributed by atoms with Crippen LogP contribution in [0, 0.1) is 0 Å². The molecule has 23 heavy (non-hydrogen) atoms. The van der Waals surface area contributed by atoms with Gasteiger partial charge < -0.3 is 13.9 Å². The van der Waals surface area contributed by atoms with Crippen molar-refractivity contribution < 1.29 is 18.4 Å². The first-order chi connectivity index (χ1) is 10.9. The minimum Gasteiger partial charge on any atom is -0.348 e. The van der Waals surface area contributed by atoms with Crippen molar-refractivity contribution in [2.24, 2.45) is 0 Å². The molecule has 6 heteroatoms. The molecule has 1 atom stereocenters. The summed E-state index contributed by atoms with van der Waals surface area (Å²) < 4.78 is 23.7. The highest BCUT2D eigenvalue weighted by Crippen LogP contribution is 2.54. The van der Waals surface area contributed by atoms with Crippen molar-refractivity contribution in [1.82, 2.24) is 4.90 Å². The van der Waals surface area contributed by atoms with Crippen LogP contribution in [0.15, 0.2) is 36.4 Å². The molecule has 0 aliphatic heterocycles. The Kier molecular flexibility index (Phi) is 8.24. The molecular weight excluding hydrogens is 313 g/mol. The van der Waals surface area contributed by atoms with E-state index in [-0.39, 0.29) is 19.1 Å². The van der Waals surface area contributed by atoms with Crippen LogP contribution in [-0.4, -0.2) is 43.8 Å². The number of rotatable bonds is 9. The van der Waals surface area contributed by atoms with Gasteiger partial charge in [-0.05, 0) is 25.8 Å². The maximum atomic E-state index is 13.0. The van der Waals surface area contributed by atoms with Crippen LogP contribution in [0.3, 0.4) is 0 Å². The summed E-state index contributed by atoms with van der Waals surface area (Å²) in [5.41, 5.74) is 0.184. The predicted octanol–water partition coefficient (Wildman–Crippen LogP) is 3.81.